The van der Waals surface area contributed by atoms with Gasteiger partial charge in [-0.25, -0.2) is 9.97 Å². The molecule has 0 aliphatic rings. The summed E-state index contributed by atoms with van der Waals surface area (Å²) < 4.78 is 5.39. The van der Waals surface area contributed by atoms with Crippen LogP contribution in [-0.4, -0.2) is 23.1 Å². The Kier molecular flexibility index (Phi) is 5.32. The molecule has 0 bridgehead atoms. The topological polar surface area (TPSA) is 47.0 Å². The van der Waals surface area contributed by atoms with Gasteiger partial charge in [0.05, 0.1) is 5.69 Å². The zero-order valence-electron chi connectivity index (χ0n) is 11.7. The Labute approximate surface area is 124 Å². The number of benzene rings is 1. The number of hydrogen-bond acceptors (Lipinski definition) is 4. The Morgan fingerprint density at radius 2 is 2.00 bits per heavy atom. The van der Waals surface area contributed by atoms with Crippen molar-refractivity contribution < 1.29 is 4.74 Å². The van der Waals surface area contributed by atoms with Gasteiger partial charge in [-0.05, 0) is 19.9 Å². The Hall–Kier alpha value is -1.65. The quantitative estimate of drug-likeness (QED) is 0.880. The molecular formula is C15H18ClN3O. The zero-order valence-corrected chi connectivity index (χ0v) is 12.4. The van der Waals surface area contributed by atoms with Crippen molar-refractivity contribution in [3.63, 3.8) is 0 Å². The van der Waals surface area contributed by atoms with E-state index >= 15 is 0 Å². The molecule has 5 heteroatoms. The average molecular weight is 292 g/mol. The summed E-state index contributed by atoms with van der Waals surface area (Å²) in [7, 11) is 0. The van der Waals surface area contributed by atoms with Crippen molar-refractivity contribution in [2.24, 2.45) is 0 Å². The van der Waals surface area contributed by atoms with Gasteiger partial charge in [-0.1, -0.05) is 29.8 Å². The Morgan fingerprint density at radius 1 is 1.20 bits per heavy atom. The van der Waals surface area contributed by atoms with E-state index in [1.54, 1.807) is 0 Å². The molecule has 0 amide bonds. The van der Waals surface area contributed by atoms with Crippen LogP contribution < -0.4 is 5.32 Å². The third kappa shape index (κ3) is 3.68. The molecule has 0 saturated heterocycles. The maximum absolute atomic E-state index is 6.23. The number of ether oxygens (including phenoxy) is 1. The molecular weight excluding hydrogens is 274 g/mol. The van der Waals surface area contributed by atoms with Crippen LogP contribution in [-0.2, 0) is 11.3 Å². The van der Waals surface area contributed by atoms with Gasteiger partial charge >= 0.3 is 0 Å². The molecule has 20 heavy (non-hydrogen) atoms. The van der Waals surface area contributed by atoms with Gasteiger partial charge in [-0.2, -0.15) is 0 Å². The van der Waals surface area contributed by atoms with Crippen molar-refractivity contribution in [1.29, 1.82) is 0 Å². The summed E-state index contributed by atoms with van der Waals surface area (Å²) in [6, 6.07) is 9.55. The highest BCUT2D eigenvalue weighted by Gasteiger charge is 2.09. The molecule has 4 nitrogen and oxygen atoms in total. The lowest BCUT2D eigenvalue weighted by Gasteiger charge is -2.10. The number of rotatable bonds is 6. The van der Waals surface area contributed by atoms with E-state index in [1.165, 1.54) is 0 Å². The van der Waals surface area contributed by atoms with Crippen molar-refractivity contribution in [3.05, 3.63) is 41.2 Å². The number of hydrogen-bond donors (Lipinski definition) is 1. The molecule has 2 rings (SSSR count). The molecule has 0 unspecified atom stereocenters. The molecule has 0 radical (unpaired) electrons. The fraction of sp³-hybridized carbons (Fsp3) is 0.333. The second-order valence-electron chi connectivity index (χ2n) is 4.20. The van der Waals surface area contributed by atoms with Crippen LogP contribution in [0.4, 0.5) is 5.82 Å². The zero-order chi connectivity index (χ0) is 14.4. The van der Waals surface area contributed by atoms with E-state index in [0.717, 1.165) is 23.6 Å². The number of nitrogens with one attached hydrogen (secondary N) is 1. The monoisotopic (exact) mass is 291 g/mol. The highest BCUT2D eigenvalue weighted by molar-refractivity contribution is 6.33. The summed E-state index contributed by atoms with van der Waals surface area (Å²) in [5.41, 5.74) is 1.70. The third-order valence-electron chi connectivity index (χ3n) is 2.72. The van der Waals surface area contributed by atoms with Gasteiger partial charge in [0.15, 0.2) is 5.82 Å². The van der Waals surface area contributed by atoms with E-state index in [0.29, 0.717) is 24.1 Å². The maximum Gasteiger partial charge on any atom is 0.157 e. The van der Waals surface area contributed by atoms with E-state index in [-0.39, 0.29) is 0 Å². The lowest BCUT2D eigenvalue weighted by molar-refractivity contribution is 0.128. The fourth-order valence-corrected chi connectivity index (χ4v) is 2.07. The first-order valence-corrected chi connectivity index (χ1v) is 7.06. The summed E-state index contributed by atoms with van der Waals surface area (Å²) in [5.74, 6) is 1.44. The first-order valence-electron chi connectivity index (χ1n) is 6.69. The second-order valence-corrected chi connectivity index (χ2v) is 4.61. The lowest BCUT2D eigenvalue weighted by atomic mass is 10.1. The SMILES string of the molecule is CCNc1cc(-c2ccccc2Cl)nc(COCC)n1. The van der Waals surface area contributed by atoms with Crippen LogP contribution in [0.25, 0.3) is 11.3 Å². The molecule has 0 fully saturated rings. The van der Waals surface area contributed by atoms with Crippen LogP contribution in [0.1, 0.15) is 19.7 Å². The van der Waals surface area contributed by atoms with Gasteiger partial charge in [0.1, 0.15) is 12.4 Å². The molecule has 0 aliphatic carbocycles. The largest absolute Gasteiger partial charge is 0.374 e. The van der Waals surface area contributed by atoms with Crippen molar-refractivity contribution >= 4 is 17.4 Å². The molecule has 1 aromatic heterocycles. The predicted octanol–water partition coefficient (Wildman–Crippen LogP) is 3.77. The predicted molar refractivity (Wildman–Crippen MR) is 82.0 cm³/mol. The minimum absolute atomic E-state index is 0.396. The summed E-state index contributed by atoms with van der Waals surface area (Å²) >= 11 is 6.23. The molecule has 1 heterocycles. The third-order valence-corrected chi connectivity index (χ3v) is 3.05. The summed E-state index contributed by atoms with van der Waals surface area (Å²) in [4.78, 5) is 8.95. The van der Waals surface area contributed by atoms with Crippen molar-refractivity contribution in [3.8, 4) is 11.3 Å². The molecule has 0 spiro atoms. The van der Waals surface area contributed by atoms with Crippen LogP contribution in [0, 0.1) is 0 Å². The summed E-state index contributed by atoms with van der Waals surface area (Å²) in [6.45, 7) is 5.80. The minimum atomic E-state index is 0.396. The van der Waals surface area contributed by atoms with Gasteiger partial charge in [-0.15, -0.1) is 0 Å². The van der Waals surface area contributed by atoms with Crippen molar-refractivity contribution in [2.45, 2.75) is 20.5 Å². The van der Waals surface area contributed by atoms with E-state index in [9.17, 15) is 0 Å². The van der Waals surface area contributed by atoms with Crippen molar-refractivity contribution in [1.82, 2.24) is 9.97 Å². The van der Waals surface area contributed by atoms with Gasteiger partial charge in [0.25, 0.3) is 0 Å². The molecule has 0 atom stereocenters. The molecule has 1 aromatic carbocycles. The highest BCUT2D eigenvalue weighted by Crippen LogP contribution is 2.27. The van der Waals surface area contributed by atoms with Crippen LogP contribution in [0.3, 0.4) is 0 Å². The Balaban J connectivity index is 2.40. The number of aromatic nitrogens is 2. The maximum atomic E-state index is 6.23. The van der Waals surface area contributed by atoms with Gasteiger partial charge in [-0.3, -0.25) is 0 Å². The first kappa shape index (κ1) is 14.8. The summed E-state index contributed by atoms with van der Waals surface area (Å²) in [5, 5.41) is 3.88. The first-order chi connectivity index (χ1) is 9.74. The molecule has 1 N–H and O–H groups in total. The van der Waals surface area contributed by atoms with Gasteiger partial charge < -0.3 is 10.1 Å². The van der Waals surface area contributed by atoms with E-state index in [4.69, 9.17) is 16.3 Å². The van der Waals surface area contributed by atoms with Crippen LogP contribution >= 0.6 is 11.6 Å². The van der Waals surface area contributed by atoms with Crippen LogP contribution in [0.2, 0.25) is 5.02 Å². The minimum Gasteiger partial charge on any atom is -0.374 e. The Bertz CT molecular complexity index is 575. The molecule has 2 aromatic rings. The smallest absolute Gasteiger partial charge is 0.157 e. The fourth-order valence-electron chi connectivity index (χ4n) is 1.83. The average Bonchev–Trinajstić information content (AvgIpc) is 2.46. The van der Waals surface area contributed by atoms with E-state index in [2.05, 4.69) is 15.3 Å². The Morgan fingerprint density at radius 3 is 2.70 bits per heavy atom. The van der Waals surface area contributed by atoms with Gasteiger partial charge in [0, 0.05) is 29.8 Å². The normalized spacial score (nSPS) is 10.6. The number of anilines is 1. The molecule has 106 valence electrons. The standard InChI is InChI=1S/C15H18ClN3O/c1-3-17-14-9-13(11-7-5-6-8-12(11)16)18-15(19-14)10-20-4-2/h5-9H,3-4,10H2,1-2H3,(H,17,18,19). The molecule has 0 aliphatic heterocycles. The number of nitrogens with zero attached hydrogens (tertiary/aromatic N) is 2. The van der Waals surface area contributed by atoms with E-state index in [1.807, 2.05) is 44.2 Å². The summed E-state index contributed by atoms with van der Waals surface area (Å²) in [6.07, 6.45) is 0. The van der Waals surface area contributed by atoms with E-state index < -0.39 is 0 Å². The second kappa shape index (κ2) is 7.22. The lowest BCUT2D eigenvalue weighted by Crippen LogP contribution is -2.06. The highest BCUT2D eigenvalue weighted by atomic mass is 35.5. The van der Waals surface area contributed by atoms with Crippen molar-refractivity contribution in [2.75, 3.05) is 18.5 Å². The van der Waals surface area contributed by atoms with Crippen LogP contribution in [0.5, 0.6) is 0 Å². The molecule has 0 saturated carbocycles. The van der Waals surface area contributed by atoms with Gasteiger partial charge in [0.2, 0.25) is 0 Å². The number of halogens is 1. The van der Waals surface area contributed by atoms with Crippen LogP contribution in [0.15, 0.2) is 30.3 Å².